The van der Waals surface area contributed by atoms with Crippen LogP contribution >= 0.6 is 11.6 Å². The van der Waals surface area contributed by atoms with Crippen LogP contribution < -0.4 is 15.8 Å². The molecule has 11 heteroatoms. The highest BCUT2D eigenvalue weighted by atomic mass is 35.5. The Kier molecular flexibility index (Phi) is 5.66. The molecular formula is C18H18ClN7O2S. The van der Waals surface area contributed by atoms with Crippen molar-refractivity contribution in [1.82, 2.24) is 19.9 Å². The minimum absolute atomic E-state index is 0.0235. The molecule has 0 aromatic carbocycles. The molecule has 0 aliphatic rings. The van der Waals surface area contributed by atoms with Gasteiger partial charge in [-0.1, -0.05) is 24.3 Å². The van der Waals surface area contributed by atoms with E-state index in [1.54, 1.807) is 25.3 Å². The van der Waals surface area contributed by atoms with Crippen molar-refractivity contribution in [2.24, 2.45) is 0 Å². The summed E-state index contributed by atoms with van der Waals surface area (Å²) < 4.78 is 25.4. The van der Waals surface area contributed by atoms with Gasteiger partial charge in [0.25, 0.3) is 0 Å². The number of halogens is 1. The zero-order valence-corrected chi connectivity index (χ0v) is 17.2. The summed E-state index contributed by atoms with van der Waals surface area (Å²) in [6.45, 7) is 5.50. The summed E-state index contributed by atoms with van der Waals surface area (Å²) >= 11 is 5.98. The third-order valence-corrected chi connectivity index (χ3v) is 4.57. The van der Waals surface area contributed by atoms with Gasteiger partial charge in [0, 0.05) is 17.8 Å². The highest BCUT2D eigenvalue weighted by molar-refractivity contribution is 7.92. The fourth-order valence-corrected chi connectivity index (χ4v) is 3.30. The summed E-state index contributed by atoms with van der Waals surface area (Å²) in [6.07, 6.45) is 5.78. The van der Waals surface area contributed by atoms with Crippen LogP contribution in [-0.2, 0) is 10.0 Å². The van der Waals surface area contributed by atoms with Gasteiger partial charge in [0.05, 0.1) is 29.5 Å². The molecule has 29 heavy (non-hydrogen) atoms. The van der Waals surface area contributed by atoms with E-state index in [1.165, 1.54) is 12.3 Å². The Morgan fingerprint density at radius 1 is 1.17 bits per heavy atom. The number of hydrogen-bond donors (Lipinski definition) is 3. The second kappa shape index (κ2) is 8.02. The minimum atomic E-state index is -3.52. The molecule has 0 radical (unpaired) electrons. The van der Waals surface area contributed by atoms with Gasteiger partial charge in [-0.2, -0.15) is 0 Å². The van der Waals surface area contributed by atoms with Gasteiger partial charge in [0.1, 0.15) is 17.5 Å². The first kappa shape index (κ1) is 20.5. The molecule has 0 spiro atoms. The van der Waals surface area contributed by atoms with Crippen molar-refractivity contribution in [2.45, 2.75) is 6.92 Å². The topological polar surface area (TPSA) is 136 Å². The zero-order chi connectivity index (χ0) is 21.2. The summed E-state index contributed by atoms with van der Waals surface area (Å²) in [6, 6.07) is 5.00. The lowest BCUT2D eigenvalue weighted by molar-refractivity contribution is 0.607. The van der Waals surface area contributed by atoms with Crippen LogP contribution in [-0.4, -0.2) is 34.6 Å². The molecule has 0 aliphatic carbocycles. The maximum absolute atomic E-state index is 11.5. The average molecular weight is 432 g/mol. The first-order chi connectivity index (χ1) is 13.6. The van der Waals surface area contributed by atoms with E-state index in [4.69, 9.17) is 17.3 Å². The van der Waals surface area contributed by atoms with Crippen LogP contribution in [0.2, 0.25) is 5.15 Å². The highest BCUT2D eigenvalue weighted by Gasteiger charge is 2.13. The maximum Gasteiger partial charge on any atom is 0.229 e. The van der Waals surface area contributed by atoms with Gasteiger partial charge in [-0.15, -0.1) is 0 Å². The molecule has 0 saturated heterocycles. The number of hydrogen-bond acceptors (Lipinski definition) is 8. The zero-order valence-electron chi connectivity index (χ0n) is 15.6. The maximum atomic E-state index is 11.5. The predicted molar refractivity (Wildman–Crippen MR) is 115 cm³/mol. The number of sulfonamides is 1. The fraction of sp³-hybridized carbons (Fsp3) is 0.111. The Hall–Kier alpha value is -3.24. The minimum Gasteiger partial charge on any atom is -0.384 e. The number of anilines is 4. The molecule has 0 saturated carbocycles. The van der Waals surface area contributed by atoms with E-state index in [-0.39, 0.29) is 10.8 Å². The Balaban J connectivity index is 2.06. The van der Waals surface area contributed by atoms with Crippen molar-refractivity contribution in [3.63, 3.8) is 0 Å². The number of nitrogen functional groups attached to an aromatic ring is 1. The van der Waals surface area contributed by atoms with Crippen LogP contribution in [0.3, 0.4) is 0 Å². The molecule has 3 rings (SSSR count). The number of aromatic nitrogens is 4. The second-order valence-corrected chi connectivity index (χ2v) is 8.26. The quantitative estimate of drug-likeness (QED) is 0.506. The molecule has 0 aliphatic heterocycles. The predicted octanol–water partition coefficient (Wildman–Crippen LogP) is 3.24. The summed E-state index contributed by atoms with van der Waals surface area (Å²) in [5.41, 5.74) is 8.50. The van der Waals surface area contributed by atoms with Crippen molar-refractivity contribution >= 4 is 50.7 Å². The summed E-state index contributed by atoms with van der Waals surface area (Å²) in [5, 5.41) is 3.14. The molecule has 3 heterocycles. The Morgan fingerprint density at radius 3 is 2.59 bits per heavy atom. The van der Waals surface area contributed by atoms with E-state index in [9.17, 15) is 8.42 Å². The third-order valence-electron chi connectivity index (χ3n) is 3.68. The molecule has 150 valence electrons. The Labute approximate surface area is 173 Å². The Bertz CT molecular complexity index is 1180. The number of nitrogens with two attached hydrogens (primary N) is 1. The number of nitrogens with zero attached hydrogens (tertiary/aromatic N) is 4. The molecule has 3 aromatic rings. The largest absolute Gasteiger partial charge is 0.384 e. The van der Waals surface area contributed by atoms with Gasteiger partial charge in [-0.05, 0) is 24.6 Å². The van der Waals surface area contributed by atoms with E-state index < -0.39 is 10.0 Å². The van der Waals surface area contributed by atoms with E-state index in [0.717, 1.165) is 11.8 Å². The first-order valence-electron chi connectivity index (χ1n) is 8.29. The van der Waals surface area contributed by atoms with E-state index in [1.807, 2.05) is 6.07 Å². The first-order valence-corrected chi connectivity index (χ1v) is 10.6. The van der Waals surface area contributed by atoms with Crippen molar-refractivity contribution < 1.29 is 8.42 Å². The highest BCUT2D eigenvalue weighted by Crippen LogP contribution is 2.31. The van der Waals surface area contributed by atoms with Gasteiger partial charge in [0.15, 0.2) is 5.15 Å². The SMILES string of the molecule is C=Cc1cnc(Nc2cnc(Cl)c(NS(C)(=O)=O)c2)c(-c2cc(N)nc(C)n2)c1. The van der Waals surface area contributed by atoms with Crippen molar-refractivity contribution in [3.8, 4) is 11.3 Å². The van der Waals surface area contributed by atoms with Gasteiger partial charge >= 0.3 is 0 Å². The molecule has 0 amide bonds. The summed E-state index contributed by atoms with van der Waals surface area (Å²) in [5.74, 6) is 1.31. The fourth-order valence-electron chi connectivity index (χ4n) is 2.54. The van der Waals surface area contributed by atoms with Crippen molar-refractivity contribution in [1.29, 1.82) is 0 Å². The van der Waals surface area contributed by atoms with Crippen LogP contribution in [0.4, 0.5) is 23.0 Å². The van der Waals surface area contributed by atoms with Crippen LogP contribution in [0.25, 0.3) is 17.3 Å². The van der Waals surface area contributed by atoms with Crippen molar-refractivity contribution in [2.75, 3.05) is 22.0 Å². The molecule has 9 nitrogen and oxygen atoms in total. The molecule has 3 aromatic heterocycles. The summed E-state index contributed by atoms with van der Waals surface area (Å²) in [7, 11) is -3.52. The van der Waals surface area contributed by atoms with Gasteiger partial charge in [-0.25, -0.2) is 28.4 Å². The molecule has 0 bridgehead atoms. The lowest BCUT2D eigenvalue weighted by atomic mass is 10.1. The standard InChI is InChI=1S/C18H18ClN7O2S/c1-4-11-5-13(14-7-16(20)24-10(2)23-14)18(22-8-11)25-12-6-15(17(19)21-9-12)26-29(3,27)28/h4-9,26H,1H2,2-3H3,(H,22,25)(H2,20,23,24). The number of pyridine rings is 2. The molecule has 0 unspecified atom stereocenters. The lowest BCUT2D eigenvalue weighted by Gasteiger charge is -2.14. The number of rotatable bonds is 6. The van der Waals surface area contributed by atoms with Gasteiger partial charge in [0.2, 0.25) is 10.0 Å². The number of aryl methyl sites for hydroxylation is 1. The second-order valence-electron chi connectivity index (χ2n) is 6.16. The van der Waals surface area contributed by atoms with Gasteiger partial charge < -0.3 is 11.1 Å². The van der Waals surface area contributed by atoms with Crippen LogP contribution in [0.5, 0.6) is 0 Å². The average Bonchev–Trinajstić information content (AvgIpc) is 2.63. The van der Waals surface area contributed by atoms with Gasteiger partial charge in [-0.3, -0.25) is 4.72 Å². The molecule has 0 atom stereocenters. The molecular weight excluding hydrogens is 414 g/mol. The van der Waals surface area contributed by atoms with Crippen LogP contribution in [0, 0.1) is 6.92 Å². The lowest BCUT2D eigenvalue weighted by Crippen LogP contribution is -2.10. The normalized spacial score (nSPS) is 11.1. The van der Waals surface area contributed by atoms with E-state index in [2.05, 4.69) is 36.6 Å². The molecule has 4 N–H and O–H groups in total. The van der Waals surface area contributed by atoms with Crippen LogP contribution in [0.1, 0.15) is 11.4 Å². The summed E-state index contributed by atoms with van der Waals surface area (Å²) in [4.78, 5) is 16.9. The number of nitrogens with one attached hydrogen (secondary N) is 2. The smallest absolute Gasteiger partial charge is 0.229 e. The Morgan fingerprint density at radius 2 is 1.93 bits per heavy atom. The van der Waals surface area contributed by atoms with E-state index >= 15 is 0 Å². The monoisotopic (exact) mass is 431 g/mol. The van der Waals surface area contributed by atoms with Crippen molar-refractivity contribution in [3.05, 3.63) is 53.7 Å². The van der Waals surface area contributed by atoms with Crippen LogP contribution in [0.15, 0.2) is 37.2 Å². The third kappa shape index (κ3) is 5.18. The van der Waals surface area contributed by atoms with E-state index in [0.29, 0.717) is 34.4 Å². The molecule has 0 fully saturated rings.